The summed E-state index contributed by atoms with van der Waals surface area (Å²) in [6, 6.07) is 3.12. The first-order chi connectivity index (χ1) is 9.54. The van der Waals surface area contributed by atoms with E-state index in [-0.39, 0.29) is 12.1 Å². The molecule has 2 N–H and O–H groups in total. The zero-order chi connectivity index (χ0) is 14.6. The van der Waals surface area contributed by atoms with Crippen LogP contribution in [0.25, 0.3) is 0 Å². The van der Waals surface area contributed by atoms with Crippen LogP contribution in [0.2, 0.25) is 0 Å². The Hall–Kier alpha value is -2.18. The molecule has 1 heterocycles. The maximum atomic E-state index is 11.3. The third-order valence-corrected chi connectivity index (χ3v) is 3.50. The Labute approximate surface area is 116 Å². The van der Waals surface area contributed by atoms with E-state index < -0.39 is 17.5 Å². The molecule has 1 aromatic rings. The van der Waals surface area contributed by atoms with Crippen LogP contribution in [-0.2, 0) is 9.53 Å². The molecule has 0 bridgehead atoms. The molecule has 1 aliphatic carbocycles. The number of carboxylic acids is 1. The van der Waals surface area contributed by atoms with E-state index in [2.05, 4.69) is 20.3 Å². The van der Waals surface area contributed by atoms with Gasteiger partial charge in [-0.05, 0) is 25.0 Å². The third-order valence-electron chi connectivity index (χ3n) is 3.50. The second-order valence-corrected chi connectivity index (χ2v) is 4.98. The fourth-order valence-corrected chi connectivity index (χ4v) is 2.57. The number of nitrogens with zero attached hydrogens (tertiary/aromatic N) is 2. The number of esters is 1. The summed E-state index contributed by atoms with van der Waals surface area (Å²) >= 11 is 0. The fraction of sp³-hybridized carbons (Fsp3) is 0.538. The van der Waals surface area contributed by atoms with Gasteiger partial charge in [0.25, 0.3) is 0 Å². The molecule has 1 saturated carbocycles. The van der Waals surface area contributed by atoms with Gasteiger partial charge in [0.05, 0.1) is 13.5 Å². The number of carbonyl (C=O) groups excluding carboxylic acids is 1. The summed E-state index contributed by atoms with van der Waals surface area (Å²) in [4.78, 5) is 22.3. The number of aromatic nitrogens is 2. The monoisotopic (exact) mass is 279 g/mol. The Morgan fingerprint density at radius 2 is 2.05 bits per heavy atom. The van der Waals surface area contributed by atoms with Crippen LogP contribution < -0.4 is 5.32 Å². The van der Waals surface area contributed by atoms with Crippen molar-refractivity contribution in [3.63, 3.8) is 0 Å². The molecule has 20 heavy (non-hydrogen) atoms. The van der Waals surface area contributed by atoms with Gasteiger partial charge in [0.15, 0.2) is 5.69 Å². The Morgan fingerprint density at radius 1 is 1.35 bits per heavy atom. The van der Waals surface area contributed by atoms with E-state index in [0.717, 1.165) is 25.7 Å². The average molecular weight is 279 g/mol. The second-order valence-electron chi connectivity index (χ2n) is 4.98. The highest BCUT2D eigenvalue weighted by atomic mass is 16.5. The van der Waals surface area contributed by atoms with Crippen LogP contribution in [-0.4, -0.2) is 39.9 Å². The van der Waals surface area contributed by atoms with Gasteiger partial charge in [-0.1, -0.05) is 12.8 Å². The van der Waals surface area contributed by atoms with E-state index in [4.69, 9.17) is 5.11 Å². The van der Waals surface area contributed by atoms with Gasteiger partial charge in [0, 0.05) is 5.54 Å². The molecule has 2 rings (SSSR count). The van der Waals surface area contributed by atoms with Gasteiger partial charge in [-0.15, -0.1) is 10.2 Å². The van der Waals surface area contributed by atoms with Gasteiger partial charge < -0.3 is 15.2 Å². The summed E-state index contributed by atoms with van der Waals surface area (Å²) in [7, 11) is 1.27. The highest BCUT2D eigenvalue weighted by Crippen LogP contribution is 2.35. The summed E-state index contributed by atoms with van der Waals surface area (Å²) in [6.45, 7) is 0. The summed E-state index contributed by atoms with van der Waals surface area (Å²) in [6.07, 6.45) is 3.62. The van der Waals surface area contributed by atoms with Crippen LogP contribution in [0.3, 0.4) is 0 Å². The lowest BCUT2D eigenvalue weighted by Gasteiger charge is -2.29. The number of nitrogens with one attached hydrogen (secondary N) is 1. The van der Waals surface area contributed by atoms with Crippen LogP contribution in [0.1, 0.15) is 42.6 Å². The Balaban J connectivity index is 2.11. The molecule has 7 heteroatoms. The largest absolute Gasteiger partial charge is 0.481 e. The normalized spacial score (nSPS) is 16.6. The lowest BCUT2D eigenvalue weighted by Crippen LogP contribution is -2.38. The van der Waals surface area contributed by atoms with Crippen molar-refractivity contribution in [2.45, 2.75) is 37.6 Å². The lowest BCUT2D eigenvalue weighted by molar-refractivity contribution is -0.138. The molecule has 7 nitrogen and oxygen atoms in total. The Morgan fingerprint density at radius 3 is 2.55 bits per heavy atom. The number of carboxylic acid groups (broad SMARTS) is 1. The minimum Gasteiger partial charge on any atom is -0.481 e. The molecule has 108 valence electrons. The fourth-order valence-electron chi connectivity index (χ4n) is 2.57. The quantitative estimate of drug-likeness (QED) is 0.787. The summed E-state index contributed by atoms with van der Waals surface area (Å²) in [5, 5.41) is 19.9. The van der Waals surface area contributed by atoms with Gasteiger partial charge >= 0.3 is 11.9 Å². The first-order valence-corrected chi connectivity index (χ1v) is 6.47. The zero-order valence-corrected chi connectivity index (χ0v) is 11.3. The maximum Gasteiger partial charge on any atom is 0.358 e. The molecule has 0 amide bonds. The number of carbonyl (C=O) groups is 2. The molecule has 1 aromatic heterocycles. The number of rotatable bonds is 5. The van der Waals surface area contributed by atoms with E-state index in [9.17, 15) is 9.59 Å². The average Bonchev–Trinajstić information content (AvgIpc) is 2.86. The van der Waals surface area contributed by atoms with Crippen molar-refractivity contribution in [2.75, 3.05) is 12.4 Å². The predicted molar refractivity (Wildman–Crippen MR) is 70.4 cm³/mol. The van der Waals surface area contributed by atoms with Gasteiger partial charge in [-0.25, -0.2) is 4.79 Å². The van der Waals surface area contributed by atoms with Gasteiger partial charge in [0.1, 0.15) is 5.82 Å². The van der Waals surface area contributed by atoms with Crippen LogP contribution in [0.15, 0.2) is 12.1 Å². The van der Waals surface area contributed by atoms with Crippen molar-refractivity contribution < 1.29 is 19.4 Å². The van der Waals surface area contributed by atoms with Crippen LogP contribution >= 0.6 is 0 Å². The standard InChI is InChI=1S/C13H17N3O4/c1-20-12(19)9-4-5-10(16-15-9)14-13(8-11(17)18)6-2-3-7-13/h4-5H,2-3,6-8H2,1H3,(H,14,16)(H,17,18). The summed E-state index contributed by atoms with van der Waals surface area (Å²) < 4.78 is 4.54. The smallest absolute Gasteiger partial charge is 0.358 e. The highest BCUT2D eigenvalue weighted by Gasteiger charge is 2.36. The Kier molecular flexibility index (Phi) is 4.16. The SMILES string of the molecule is COC(=O)c1ccc(NC2(CC(=O)O)CCCC2)nn1. The van der Waals surface area contributed by atoms with Crippen molar-refractivity contribution in [3.8, 4) is 0 Å². The van der Waals surface area contributed by atoms with Gasteiger partial charge in [-0.2, -0.15) is 0 Å². The minimum atomic E-state index is -0.835. The summed E-state index contributed by atoms with van der Waals surface area (Å²) in [5.74, 6) is -0.912. The van der Waals surface area contributed by atoms with Crippen LogP contribution in [0.5, 0.6) is 0 Å². The first-order valence-electron chi connectivity index (χ1n) is 6.47. The molecule has 0 atom stereocenters. The molecule has 0 aromatic carbocycles. The molecule has 1 aliphatic rings. The number of anilines is 1. The zero-order valence-electron chi connectivity index (χ0n) is 11.3. The van der Waals surface area contributed by atoms with Crippen LogP contribution in [0, 0.1) is 0 Å². The molecule has 0 saturated heterocycles. The van der Waals surface area contributed by atoms with E-state index in [1.807, 2.05) is 0 Å². The first kappa shape index (κ1) is 14.2. The van der Waals surface area contributed by atoms with Crippen molar-refractivity contribution in [3.05, 3.63) is 17.8 Å². The van der Waals surface area contributed by atoms with E-state index >= 15 is 0 Å². The second kappa shape index (κ2) is 5.85. The number of methoxy groups -OCH3 is 1. The van der Waals surface area contributed by atoms with E-state index in [0.29, 0.717) is 5.82 Å². The van der Waals surface area contributed by atoms with Crippen LogP contribution in [0.4, 0.5) is 5.82 Å². The number of aliphatic carboxylic acids is 1. The number of hydrogen-bond acceptors (Lipinski definition) is 6. The molecular formula is C13H17N3O4. The van der Waals surface area contributed by atoms with Crippen molar-refractivity contribution >= 4 is 17.8 Å². The van der Waals surface area contributed by atoms with Gasteiger partial charge in [0.2, 0.25) is 0 Å². The van der Waals surface area contributed by atoms with Crippen molar-refractivity contribution in [1.29, 1.82) is 0 Å². The predicted octanol–water partition coefficient (Wildman–Crippen LogP) is 1.46. The molecule has 0 spiro atoms. The third kappa shape index (κ3) is 3.23. The van der Waals surface area contributed by atoms with E-state index in [1.54, 1.807) is 6.07 Å². The highest BCUT2D eigenvalue weighted by molar-refractivity contribution is 5.87. The molecule has 0 aliphatic heterocycles. The van der Waals surface area contributed by atoms with Crippen molar-refractivity contribution in [2.24, 2.45) is 0 Å². The molecule has 0 radical (unpaired) electrons. The summed E-state index contributed by atoms with van der Waals surface area (Å²) in [5.41, 5.74) is -0.343. The van der Waals surface area contributed by atoms with Crippen molar-refractivity contribution in [1.82, 2.24) is 10.2 Å². The Bertz CT molecular complexity index is 495. The minimum absolute atomic E-state index is 0.0490. The molecular weight excluding hydrogens is 262 g/mol. The maximum absolute atomic E-state index is 11.3. The number of hydrogen-bond donors (Lipinski definition) is 2. The van der Waals surface area contributed by atoms with E-state index in [1.165, 1.54) is 13.2 Å². The molecule has 0 unspecified atom stereocenters. The number of ether oxygens (including phenoxy) is 1. The van der Waals surface area contributed by atoms with Gasteiger partial charge in [-0.3, -0.25) is 4.79 Å². The molecule has 1 fully saturated rings. The topological polar surface area (TPSA) is 101 Å². The lowest BCUT2D eigenvalue weighted by atomic mass is 9.93.